The first-order valence-corrected chi connectivity index (χ1v) is 4.06. The Morgan fingerprint density at radius 3 is 1.50 bits per heavy atom. The van der Waals surface area contributed by atoms with Crippen molar-refractivity contribution >= 4 is 31.0 Å². The lowest BCUT2D eigenvalue weighted by Crippen LogP contribution is -1.72. The van der Waals surface area contributed by atoms with E-state index in [9.17, 15) is 0 Å². The highest BCUT2D eigenvalue weighted by Gasteiger charge is 1.26. The Morgan fingerprint density at radius 1 is 1.50 bits per heavy atom. The van der Waals surface area contributed by atoms with Gasteiger partial charge in [-0.25, -0.2) is 0 Å². The van der Waals surface area contributed by atoms with E-state index in [1.165, 1.54) is 0 Å². The largest absolute Gasteiger partial charge is 0.769 e. The predicted molar refractivity (Wildman–Crippen MR) is 25.8 cm³/mol. The molecule has 1 nitrogen and oxygen atoms in total. The molecule has 4 heavy (non-hydrogen) atoms. The molecule has 0 aliphatic rings. The second kappa shape index (κ2) is 2.33. The molecule has 0 aromatic rings. The van der Waals surface area contributed by atoms with Gasteiger partial charge in [0.2, 0.25) is 0 Å². The van der Waals surface area contributed by atoms with Crippen LogP contribution in [0.1, 0.15) is 0 Å². The molecule has 0 amide bonds. The Morgan fingerprint density at radius 2 is 1.50 bits per heavy atom. The van der Waals surface area contributed by atoms with Crippen molar-refractivity contribution in [3.8, 4) is 0 Å². The number of rotatable bonds is 0. The van der Waals surface area contributed by atoms with E-state index in [2.05, 4.69) is 24.5 Å². The molecule has 0 unspecified atom stereocenters. The van der Waals surface area contributed by atoms with E-state index in [1.807, 2.05) is 0 Å². The van der Waals surface area contributed by atoms with E-state index in [0.717, 1.165) is 0 Å². The van der Waals surface area contributed by atoms with Crippen LogP contribution in [0.3, 0.4) is 0 Å². The van der Waals surface area contributed by atoms with Gasteiger partial charge in [0.1, 0.15) is 0 Å². The quantitative estimate of drug-likeness (QED) is 0.359. The zero-order valence-electron chi connectivity index (χ0n) is 1.84. The van der Waals surface area contributed by atoms with Crippen LogP contribution in [-0.4, -0.2) is 0 Å². The average molecular weight is 111 g/mol. The van der Waals surface area contributed by atoms with Gasteiger partial charge in [-0.1, -0.05) is 0 Å². The molecule has 0 aliphatic heterocycles. The molecule has 0 radical (unpaired) electrons. The summed E-state index contributed by atoms with van der Waals surface area (Å²) in [5.41, 5.74) is 4.81. The summed E-state index contributed by atoms with van der Waals surface area (Å²) in [7, 11) is 0. The van der Waals surface area contributed by atoms with Crippen LogP contribution in [0, 0.1) is 0 Å². The second-order valence-electron chi connectivity index (χ2n) is 0.285. The Bertz CT molecular complexity index is 10.8. The average Bonchev–Trinajstić information content (AvgIpc) is 0.811. The lowest BCUT2D eigenvalue weighted by molar-refractivity contribution is 2.04. The summed E-state index contributed by atoms with van der Waals surface area (Å²) < 4.78 is 0. The molecule has 0 bridgehead atoms. The summed E-state index contributed by atoms with van der Waals surface area (Å²) in [5.74, 6) is 0. The van der Waals surface area contributed by atoms with Gasteiger partial charge in [-0.15, -0.1) is 0 Å². The fourth-order valence-corrected chi connectivity index (χ4v) is 0. The first-order chi connectivity index (χ1) is 1.73. The molecule has 0 aromatic carbocycles. The number of hydrogen-bond acceptors (Lipinski definition) is 3. The van der Waals surface area contributed by atoms with Gasteiger partial charge in [0.15, 0.2) is 0 Å². The summed E-state index contributed by atoms with van der Waals surface area (Å²) in [6, 6.07) is 0. The van der Waals surface area contributed by atoms with Gasteiger partial charge < -0.3 is 36.5 Å². The maximum atomic E-state index is 4.81. The predicted octanol–water partition coefficient (Wildman–Crippen LogP) is 0.266. The van der Waals surface area contributed by atoms with Gasteiger partial charge in [0.05, 0.1) is 0 Å². The lowest BCUT2D eigenvalue weighted by Gasteiger charge is -2.24. The van der Waals surface area contributed by atoms with Crippen molar-refractivity contribution in [2.24, 2.45) is 5.50 Å². The van der Waals surface area contributed by atoms with Gasteiger partial charge in [-0.3, -0.25) is 0 Å². The smallest absolute Gasteiger partial charge is 0.345 e. The van der Waals surface area contributed by atoms with Crippen molar-refractivity contribution in [2.75, 3.05) is 0 Å². The zero-order chi connectivity index (χ0) is 3.58. The maximum absolute atomic E-state index is 4.81. The Labute approximate surface area is 37.1 Å². The first-order valence-electron chi connectivity index (χ1n) is 0.623. The van der Waals surface area contributed by atoms with Crippen molar-refractivity contribution in [3.63, 3.8) is 0 Å². The normalized spacial score (nSPS) is 9.00. The third-order valence-electron chi connectivity index (χ3n) is 0. The van der Waals surface area contributed by atoms with Gasteiger partial charge >= 0.3 is 0 Å². The molecule has 4 heteroatoms. The van der Waals surface area contributed by atoms with Crippen molar-refractivity contribution < 1.29 is 0 Å². The standard InChI is InChI=1S/H2NPS2/c1-2(3)4/h1H2/q-2. The molecule has 0 aromatic heterocycles. The molecule has 0 spiro atoms. The summed E-state index contributed by atoms with van der Waals surface area (Å²) in [6.45, 7) is -0.954. The minimum atomic E-state index is -0.954. The summed E-state index contributed by atoms with van der Waals surface area (Å²) in [6.07, 6.45) is 0. The van der Waals surface area contributed by atoms with E-state index >= 15 is 0 Å². The highest BCUT2D eigenvalue weighted by atomic mass is 33.1. The topological polar surface area (TPSA) is 26.0 Å². The van der Waals surface area contributed by atoms with Crippen molar-refractivity contribution in [1.82, 2.24) is 0 Å². The summed E-state index contributed by atoms with van der Waals surface area (Å²) in [4.78, 5) is 0. The molecule has 0 saturated carbocycles. The molecule has 0 atom stereocenters. The zero-order valence-corrected chi connectivity index (χ0v) is 4.37. The van der Waals surface area contributed by atoms with Crippen molar-refractivity contribution in [1.29, 1.82) is 0 Å². The Kier molecular flexibility index (Phi) is 2.97. The molecular weight excluding hydrogens is 109 g/mol. The Balaban J connectivity index is 2.32. The van der Waals surface area contributed by atoms with Crippen LogP contribution in [0.4, 0.5) is 0 Å². The fraction of sp³-hybridized carbons (Fsp3) is 0. The van der Waals surface area contributed by atoms with Crippen LogP contribution in [0.25, 0.3) is 0 Å². The van der Waals surface area contributed by atoms with Crippen LogP contribution < -0.4 is 5.50 Å². The van der Waals surface area contributed by atoms with Crippen molar-refractivity contribution in [3.05, 3.63) is 0 Å². The second-order valence-corrected chi connectivity index (χ2v) is 3.91. The molecule has 0 rings (SSSR count). The first kappa shape index (κ1) is 5.09. The minimum Gasteiger partial charge on any atom is -0.769 e. The van der Waals surface area contributed by atoms with Crippen LogP contribution in [0.15, 0.2) is 0 Å². The Hall–Kier alpha value is 1.09. The van der Waals surface area contributed by atoms with Gasteiger partial charge in [0, 0.05) is 0 Å². The molecule has 0 saturated heterocycles. The van der Waals surface area contributed by atoms with Gasteiger partial charge in [-0.2, -0.15) is 0 Å². The monoisotopic (exact) mass is 111 g/mol. The van der Waals surface area contributed by atoms with Crippen LogP contribution >= 0.6 is 6.48 Å². The summed E-state index contributed by atoms with van der Waals surface area (Å²) in [5, 5.41) is 0. The van der Waals surface area contributed by atoms with E-state index in [0.29, 0.717) is 0 Å². The molecule has 0 aliphatic carbocycles. The minimum absolute atomic E-state index is 0.954. The highest BCUT2D eigenvalue weighted by molar-refractivity contribution is 8.64. The molecule has 0 fully saturated rings. The van der Waals surface area contributed by atoms with E-state index in [-0.39, 0.29) is 0 Å². The van der Waals surface area contributed by atoms with Crippen molar-refractivity contribution in [2.45, 2.75) is 0 Å². The number of hydrogen-bond donors (Lipinski definition) is 1. The maximum Gasteiger partial charge on any atom is -0.345 e. The van der Waals surface area contributed by atoms with Crippen LogP contribution in [0.2, 0.25) is 0 Å². The molecular formula is H2NPS2-2. The number of nitrogens with two attached hydrogens (primary N) is 1. The third kappa shape index (κ3) is 11.4. The van der Waals surface area contributed by atoms with E-state index in [1.54, 1.807) is 0 Å². The summed E-state index contributed by atoms with van der Waals surface area (Å²) >= 11 is 8.56. The van der Waals surface area contributed by atoms with E-state index in [4.69, 9.17) is 5.50 Å². The van der Waals surface area contributed by atoms with Crippen LogP contribution in [-0.2, 0) is 24.5 Å². The van der Waals surface area contributed by atoms with E-state index < -0.39 is 6.48 Å². The molecule has 26 valence electrons. The SMILES string of the molecule is NP([S-])[S-]. The van der Waals surface area contributed by atoms with Gasteiger partial charge in [-0.05, 0) is 0 Å². The highest BCUT2D eigenvalue weighted by Crippen LogP contribution is 2.12. The molecule has 0 heterocycles. The third-order valence-corrected chi connectivity index (χ3v) is 0. The fourth-order valence-electron chi connectivity index (χ4n) is 0. The van der Waals surface area contributed by atoms with Crippen LogP contribution in [0.5, 0.6) is 0 Å². The lowest BCUT2D eigenvalue weighted by atomic mass is 13.9. The molecule has 2 N–H and O–H groups in total. The van der Waals surface area contributed by atoms with Gasteiger partial charge in [0.25, 0.3) is 0 Å².